The summed E-state index contributed by atoms with van der Waals surface area (Å²) in [5, 5.41) is 0. The first kappa shape index (κ1) is 16.8. The maximum absolute atomic E-state index is 4.72. The zero-order chi connectivity index (χ0) is 8.24. The van der Waals surface area contributed by atoms with Crippen LogP contribution in [0.3, 0.4) is 0 Å². The largest absolute Gasteiger partial charge is 0.521 e. The van der Waals surface area contributed by atoms with Crippen molar-refractivity contribution >= 4 is 0 Å². The Labute approximate surface area is 82.1 Å². The van der Waals surface area contributed by atoms with E-state index in [1.54, 1.807) is 19.3 Å². The molecule has 0 saturated heterocycles. The molecule has 0 unspecified atom stereocenters. The van der Waals surface area contributed by atoms with Gasteiger partial charge in [-0.3, -0.25) is 12.7 Å². The molecule has 0 aliphatic carbocycles. The minimum atomic E-state index is 0. The van der Waals surface area contributed by atoms with E-state index in [4.69, 9.17) is 6.58 Å². The van der Waals surface area contributed by atoms with Crippen LogP contribution in [0.4, 0.5) is 0 Å². The number of imidazole rings is 1. The third-order valence-corrected chi connectivity index (χ3v) is 0.372. The third-order valence-electron chi connectivity index (χ3n) is 0.372. The zero-order valence-electron chi connectivity index (χ0n) is 6.44. The molecule has 2 nitrogen and oxygen atoms in total. The van der Waals surface area contributed by atoms with E-state index >= 15 is 0 Å². The van der Waals surface area contributed by atoms with Gasteiger partial charge in [0.25, 0.3) is 0 Å². The molecule has 0 saturated carbocycles. The summed E-state index contributed by atoms with van der Waals surface area (Å²) < 4.78 is 0. The fourth-order valence-corrected chi connectivity index (χ4v) is 0.192. The van der Waals surface area contributed by atoms with Crippen molar-refractivity contribution in [3.8, 4) is 0 Å². The van der Waals surface area contributed by atoms with Crippen LogP contribution >= 0.6 is 0 Å². The summed E-state index contributed by atoms with van der Waals surface area (Å²) in [6.45, 7) is 13.5. The van der Waals surface area contributed by atoms with Gasteiger partial charge in [0.05, 0.1) is 0 Å². The number of rotatable bonds is 0. The second-order valence-corrected chi connectivity index (χ2v) is 1.05. The monoisotopic (exact) mass is 322 g/mol. The first-order chi connectivity index (χ1) is 4.91. The SMILES string of the molecule is [CH-]=C.[CH-]=CC.[Re].c1c[n-]cn1. The molecule has 0 aromatic carbocycles. The molecule has 63 valence electrons. The van der Waals surface area contributed by atoms with E-state index in [1.165, 1.54) is 12.4 Å². The van der Waals surface area contributed by atoms with Crippen molar-refractivity contribution < 1.29 is 20.4 Å². The fraction of sp³-hybridized carbons (Fsp3) is 0.125. The van der Waals surface area contributed by atoms with Crippen LogP contribution in [0.25, 0.3) is 0 Å². The Balaban J connectivity index is -0.0000000956. The maximum atomic E-state index is 4.72. The fourth-order valence-electron chi connectivity index (χ4n) is 0.192. The van der Waals surface area contributed by atoms with Gasteiger partial charge in [-0.2, -0.15) is 0 Å². The molecule has 1 rings (SSSR count). The first-order valence-corrected chi connectivity index (χ1v) is 2.69. The molecule has 0 spiro atoms. The van der Waals surface area contributed by atoms with Gasteiger partial charge in [0.2, 0.25) is 0 Å². The maximum Gasteiger partial charge on any atom is 0 e. The minimum absolute atomic E-state index is 0. The smallest absolute Gasteiger partial charge is 0 e. The van der Waals surface area contributed by atoms with Crippen molar-refractivity contribution in [3.05, 3.63) is 44.5 Å². The molecule has 1 aromatic rings. The Bertz CT molecular complexity index is 109. The van der Waals surface area contributed by atoms with E-state index < -0.39 is 0 Å². The van der Waals surface area contributed by atoms with Crippen LogP contribution in [0.2, 0.25) is 0 Å². The van der Waals surface area contributed by atoms with E-state index in [2.05, 4.69) is 23.1 Å². The Kier molecular flexibility index (Phi) is 34.7. The van der Waals surface area contributed by atoms with Crippen LogP contribution in [0.5, 0.6) is 0 Å². The second kappa shape index (κ2) is 22.8. The molecular formula is C8H11N2Re-3. The number of allylic oxidation sites excluding steroid dienone is 1. The van der Waals surface area contributed by atoms with Crippen LogP contribution in [0, 0.1) is 13.2 Å². The van der Waals surface area contributed by atoms with E-state index in [-0.39, 0.29) is 20.4 Å². The predicted octanol–water partition coefficient (Wildman–Crippen LogP) is 1.64. The average molecular weight is 321 g/mol. The Hall–Kier alpha value is -0.648. The summed E-state index contributed by atoms with van der Waals surface area (Å²) in [4.78, 5) is 7.22. The van der Waals surface area contributed by atoms with E-state index in [9.17, 15) is 0 Å². The van der Waals surface area contributed by atoms with Crippen molar-refractivity contribution in [1.29, 1.82) is 0 Å². The second-order valence-electron chi connectivity index (χ2n) is 1.05. The van der Waals surface area contributed by atoms with Gasteiger partial charge < -0.3 is 23.1 Å². The van der Waals surface area contributed by atoms with Crippen LogP contribution in [-0.4, -0.2) is 4.98 Å². The van der Waals surface area contributed by atoms with Gasteiger partial charge in [-0.15, -0.1) is 0 Å². The molecule has 11 heavy (non-hydrogen) atoms. The molecule has 3 heteroatoms. The summed E-state index contributed by atoms with van der Waals surface area (Å²) in [6.07, 6.45) is 6.28. The van der Waals surface area contributed by atoms with Gasteiger partial charge in [-0.25, -0.2) is 0 Å². The Morgan fingerprint density at radius 1 is 1.55 bits per heavy atom. The molecule has 0 atom stereocenters. The van der Waals surface area contributed by atoms with Gasteiger partial charge >= 0.3 is 0 Å². The summed E-state index contributed by atoms with van der Waals surface area (Å²) >= 11 is 0. The number of nitrogens with zero attached hydrogens (tertiary/aromatic N) is 2. The van der Waals surface area contributed by atoms with Crippen molar-refractivity contribution in [2.45, 2.75) is 6.92 Å². The molecule has 0 aliphatic heterocycles. The van der Waals surface area contributed by atoms with Crippen molar-refractivity contribution in [3.63, 3.8) is 0 Å². The summed E-state index contributed by atoms with van der Waals surface area (Å²) in [5.74, 6) is 0. The summed E-state index contributed by atoms with van der Waals surface area (Å²) in [7, 11) is 0. The van der Waals surface area contributed by atoms with Crippen LogP contribution in [-0.2, 0) is 20.4 Å². The van der Waals surface area contributed by atoms with Crippen LogP contribution in [0.1, 0.15) is 6.92 Å². The van der Waals surface area contributed by atoms with Gasteiger partial charge in [0, 0.05) is 20.4 Å². The number of hydrogen-bond acceptors (Lipinski definition) is 1. The minimum Gasteiger partial charge on any atom is -0.521 e. The van der Waals surface area contributed by atoms with Crippen LogP contribution in [0.15, 0.2) is 31.4 Å². The molecule has 1 aromatic heterocycles. The van der Waals surface area contributed by atoms with Crippen LogP contribution < -0.4 is 4.98 Å². The Morgan fingerprint density at radius 2 is 2.00 bits per heavy atom. The van der Waals surface area contributed by atoms with Crippen molar-refractivity contribution in [2.75, 3.05) is 0 Å². The molecule has 0 N–H and O–H groups in total. The third kappa shape index (κ3) is 26.7. The topological polar surface area (TPSA) is 27.0 Å². The molecule has 1 radical (unpaired) electrons. The number of aromatic nitrogens is 2. The molecule has 0 aliphatic rings. The van der Waals surface area contributed by atoms with Gasteiger partial charge in [0.1, 0.15) is 0 Å². The number of hydrogen-bond donors (Lipinski definition) is 0. The van der Waals surface area contributed by atoms with Gasteiger partial charge in [0.15, 0.2) is 0 Å². The molecule has 0 fully saturated rings. The van der Waals surface area contributed by atoms with E-state index in [1.807, 2.05) is 0 Å². The quantitative estimate of drug-likeness (QED) is 0.679. The Morgan fingerprint density at radius 3 is 2.09 bits per heavy atom. The zero-order valence-corrected chi connectivity index (χ0v) is 9.16. The molecule has 1 heterocycles. The molecule has 0 amide bonds. The normalized spacial score (nSPS) is 5.18. The van der Waals surface area contributed by atoms with E-state index in [0.29, 0.717) is 0 Å². The van der Waals surface area contributed by atoms with E-state index in [0.717, 1.165) is 0 Å². The molecular weight excluding hydrogens is 310 g/mol. The van der Waals surface area contributed by atoms with Crippen molar-refractivity contribution in [1.82, 2.24) is 9.97 Å². The first-order valence-electron chi connectivity index (χ1n) is 2.69. The standard InChI is InChI=1S/C3H3N2.C3H5.C2H3.Re/c1-2-5-3-4-1;1-3-2;1-2;/h1-3H;1,3H,2H3;1H,2H2;/q3*-1;. The van der Waals surface area contributed by atoms with Gasteiger partial charge in [-0.1, -0.05) is 25.6 Å². The van der Waals surface area contributed by atoms with Gasteiger partial charge in [-0.05, 0) is 0 Å². The summed E-state index contributed by atoms with van der Waals surface area (Å²) in [5.41, 5.74) is 0. The average Bonchev–Trinajstić information content (AvgIpc) is 2.48. The predicted molar refractivity (Wildman–Crippen MR) is 42.0 cm³/mol. The summed E-state index contributed by atoms with van der Waals surface area (Å²) in [6, 6.07) is 0. The van der Waals surface area contributed by atoms with Crippen molar-refractivity contribution in [2.24, 2.45) is 0 Å². The molecule has 0 bridgehead atoms.